The molecule has 0 aliphatic heterocycles. The summed E-state index contributed by atoms with van der Waals surface area (Å²) in [6.07, 6.45) is 23.2. The van der Waals surface area contributed by atoms with Gasteiger partial charge in [-0.1, -0.05) is 121 Å². The largest absolute Gasteiger partial charge is 0.311 e. The van der Waals surface area contributed by atoms with Crippen LogP contribution >= 0.6 is 0 Å². The number of hydrogen-bond acceptors (Lipinski definition) is 0. The first-order chi connectivity index (χ1) is 23.9. The minimum atomic E-state index is 0.868. The van der Waals surface area contributed by atoms with Crippen molar-refractivity contribution in [2.24, 2.45) is 0 Å². The molecule has 0 fully saturated rings. The van der Waals surface area contributed by atoms with Crippen LogP contribution in [0.3, 0.4) is 0 Å². The molecule has 228 valence electrons. The van der Waals surface area contributed by atoms with Crippen LogP contribution in [0.15, 0.2) is 164 Å². The fourth-order valence-electron chi connectivity index (χ4n) is 8.10. The molecule has 0 radical (unpaired) electrons. The highest BCUT2D eigenvalue weighted by atomic mass is 15.1. The second-order valence-corrected chi connectivity index (χ2v) is 12.8. The van der Waals surface area contributed by atoms with E-state index in [0.717, 1.165) is 19.3 Å². The zero-order valence-corrected chi connectivity index (χ0v) is 26.6. The number of allylic oxidation sites excluding steroid dienone is 12. The second kappa shape index (κ2) is 10.8. The van der Waals surface area contributed by atoms with E-state index >= 15 is 0 Å². The van der Waals surface area contributed by atoms with Crippen LogP contribution in [-0.4, -0.2) is 13.7 Å². The zero-order chi connectivity index (χ0) is 31.6. The van der Waals surface area contributed by atoms with Crippen molar-refractivity contribution in [3.63, 3.8) is 0 Å². The van der Waals surface area contributed by atoms with Crippen molar-refractivity contribution >= 4 is 82.5 Å². The first kappa shape index (κ1) is 27.1. The highest BCUT2D eigenvalue weighted by Crippen LogP contribution is 2.42. The van der Waals surface area contributed by atoms with Crippen molar-refractivity contribution in [1.29, 1.82) is 0 Å². The summed E-state index contributed by atoms with van der Waals surface area (Å²) in [7, 11) is 0. The summed E-state index contributed by atoms with van der Waals surface area (Å²) < 4.78 is 7.47. The number of nitrogens with zero attached hydrogens (tertiary/aromatic N) is 3. The van der Waals surface area contributed by atoms with E-state index in [1.54, 1.807) is 0 Å². The quantitative estimate of drug-likeness (QED) is 0.188. The lowest BCUT2D eigenvalue weighted by molar-refractivity contribution is 1.03. The van der Waals surface area contributed by atoms with Crippen LogP contribution in [0.4, 0.5) is 0 Å². The second-order valence-electron chi connectivity index (χ2n) is 12.8. The topological polar surface area (TPSA) is 14.8 Å². The Morgan fingerprint density at radius 3 is 1.44 bits per heavy atom. The van der Waals surface area contributed by atoms with Crippen LogP contribution in [0.1, 0.15) is 19.3 Å². The molecule has 2 aliphatic carbocycles. The molecule has 48 heavy (non-hydrogen) atoms. The summed E-state index contributed by atoms with van der Waals surface area (Å²) in [6, 6.07) is 40.0. The van der Waals surface area contributed by atoms with E-state index in [-0.39, 0.29) is 0 Å². The van der Waals surface area contributed by atoms with Gasteiger partial charge in [0.15, 0.2) is 0 Å². The molecule has 0 saturated heterocycles. The Morgan fingerprint density at radius 1 is 0.396 bits per heavy atom. The standard InChI is InChI=1S/C45H33N3/c1-2-4-16-31(15-3-1)47-42-25-13-9-21-36(42)38-29-30-39-37-22-10-14-26-43(37)48(45(39)44(38)47)33-18-6-5-17-32(27-28-33)46-40-23-11-7-19-34(40)35-20-8-12-24-41(35)46/h1-4,7-15,17-30H,5-6,16H2/b28-27-,32-17+,33-18+. The van der Waals surface area contributed by atoms with Gasteiger partial charge in [0.2, 0.25) is 0 Å². The maximum absolute atomic E-state index is 2.52. The van der Waals surface area contributed by atoms with Crippen LogP contribution in [0.2, 0.25) is 0 Å². The average Bonchev–Trinajstić information content (AvgIpc) is 3.66. The molecule has 2 aliphatic rings. The number of fused-ring (bicyclic) bond motifs is 10. The van der Waals surface area contributed by atoms with Gasteiger partial charge >= 0.3 is 0 Å². The molecule has 3 aromatic heterocycles. The minimum absolute atomic E-state index is 0.868. The van der Waals surface area contributed by atoms with Gasteiger partial charge in [0.05, 0.1) is 33.1 Å². The van der Waals surface area contributed by atoms with Crippen LogP contribution in [0.5, 0.6) is 0 Å². The molecule has 0 amide bonds. The summed E-state index contributed by atoms with van der Waals surface area (Å²) in [5.41, 5.74) is 11.1. The summed E-state index contributed by atoms with van der Waals surface area (Å²) in [5.74, 6) is 0. The molecule has 0 bridgehead atoms. The first-order valence-electron chi connectivity index (χ1n) is 16.9. The molecule has 0 N–H and O–H groups in total. The van der Waals surface area contributed by atoms with E-state index in [1.807, 2.05) is 0 Å². The van der Waals surface area contributed by atoms with Crippen molar-refractivity contribution < 1.29 is 0 Å². The Labute approximate surface area is 278 Å². The van der Waals surface area contributed by atoms with Crippen molar-refractivity contribution in [3.8, 4) is 0 Å². The van der Waals surface area contributed by atoms with Crippen LogP contribution < -0.4 is 0 Å². The van der Waals surface area contributed by atoms with Crippen molar-refractivity contribution in [2.75, 3.05) is 0 Å². The summed E-state index contributed by atoms with van der Waals surface area (Å²) in [4.78, 5) is 0. The number of rotatable bonds is 3. The summed E-state index contributed by atoms with van der Waals surface area (Å²) >= 11 is 0. The Balaban J connectivity index is 1.26. The molecule has 10 rings (SSSR count). The Bertz CT molecular complexity index is 2740. The van der Waals surface area contributed by atoms with Gasteiger partial charge in [-0.05, 0) is 55.3 Å². The van der Waals surface area contributed by atoms with Gasteiger partial charge in [-0.15, -0.1) is 0 Å². The lowest BCUT2D eigenvalue weighted by Crippen LogP contribution is -2.02. The fourth-order valence-corrected chi connectivity index (χ4v) is 8.10. The molecule has 5 aromatic carbocycles. The molecule has 0 unspecified atom stereocenters. The SMILES string of the molecule is C1=CC=C(n2c3ccccc3c3ccc4c5ccccc5n(C5=C/CC\C=C(n6c7ccccc7c7ccccc76)/C=C\5)c4c32)CC=C1. The van der Waals surface area contributed by atoms with Gasteiger partial charge in [0.25, 0.3) is 0 Å². The molecule has 0 atom stereocenters. The maximum Gasteiger partial charge on any atom is 0.0788 e. The van der Waals surface area contributed by atoms with Gasteiger partial charge in [0.1, 0.15) is 0 Å². The van der Waals surface area contributed by atoms with Crippen LogP contribution in [0, 0.1) is 0 Å². The van der Waals surface area contributed by atoms with Gasteiger partial charge < -0.3 is 13.7 Å². The Hall–Kier alpha value is -6.06. The third kappa shape index (κ3) is 3.94. The number of benzene rings is 5. The molecule has 0 saturated carbocycles. The molecule has 3 heterocycles. The summed E-state index contributed by atoms with van der Waals surface area (Å²) in [5, 5.41) is 7.68. The molecule has 8 aromatic rings. The summed E-state index contributed by atoms with van der Waals surface area (Å²) in [6.45, 7) is 0. The average molecular weight is 616 g/mol. The van der Waals surface area contributed by atoms with E-state index in [9.17, 15) is 0 Å². The van der Waals surface area contributed by atoms with E-state index in [0.29, 0.717) is 0 Å². The fraction of sp³-hybridized carbons (Fsp3) is 0.0667. The Kier molecular flexibility index (Phi) is 6.07. The first-order valence-corrected chi connectivity index (χ1v) is 16.9. The van der Waals surface area contributed by atoms with E-state index in [1.165, 1.54) is 82.5 Å². The monoisotopic (exact) mass is 615 g/mol. The van der Waals surface area contributed by atoms with Gasteiger partial charge in [-0.25, -0.2) is 0 Å². The van der Waals surface area contributed by atoms with E-state index < -0.39 is 0 Å². The van der Waals surface area contributed by atoms with Crippen molar-refractivity contribution in [1.82, 2.24) is 13.7 Å². The normalized spacial score (nSPS) is 18.2. The predicted molar refractivity (Wildman–Crippen MR) is 206 cm³/mol. The van der Waals surface area contributed by atoms with Crippen LogP contribution in [-0.2, 0) is 0 Å². The number of aromatic nitrogens is 3. The van der Waals surface area contributed by atoms with Gasteiger partial charge in [-0.2, -0.15) is 0 Å². The third-order valence-electron chi connectivity index (χ3n) is 10.1. The molecule has 3 heteroatoms. The van der Waals surface area contributed by atoms with Gasteiger partial charge in [0, 0.05) is 55.8 Å². The van der Waals surface area contributed by atoms with E-state index in [4.69, 9.17) is 0 Å². The third-order valence-corrected chi connectivity index (χ3v) is 10.1. The van der Waals surface area contributed by atoms with E-state index in [2.05, 4.69) is 178 Å². The maximum atomic E-state index is 2.52. The molecular formula is C45H33N3. The smallest absolute Gasteiger partial charge is 0.0788 e. The van der Waals surface area contributed by atoms with Crippen molar-refractivity contribution in [2.45, 2.75) is 19.3 Å². The molecule has 0 spiro atoms. The predicted octanol–water partition coefficient (Wildman–Crippen LogP) is 12.1. The molecular weight excluding hydrogens is 583 g/mol. The Morgan fingerprint density at radius 2 is 0.854 bits per heavy atom. The van der Waals surface area contributed by atoms with Gasteiger partial charge in [-0.3, -0.25) is 0 Å². The highest BCUT2D eigenvalue weighted by molar-refractivity contribution is 6.24. The lowest BCUT2D eigenvalue weighted by Gasteiger charge is -2.16. The van der Waals surface area contributed by atoms with Crippen molar-refractivity contribution in [3.05, 3.63) is 164 Å². The highest BCUT2D eigenvalue weighted by Gasteiger charge is 2.22. The molecule has 3 nitrogen and oxygen atoms in total. The minimum Gasteiger partial charge on any atom is -0.311 e. The van der Waals surface area contributed by atoms with Crippen LogP contribution in [0.25, 0.3) is 82.5 Å². The number of hydrogen-bond donors (Lipinski definition) is 0. The number of para-hydroxylation sites is 4. The lowest BCUT2D eigenvalue weighted by atomic mass is 10.1. The zero-order valence-electron chi connectivity index (χ0n) is 26.6.